The molecule has 0 aliphatic heterocycles. The van der Waals surface area contributed by atoms with Crippen LogP contribution in [0.25, 0.3) is 0 Å². The number of nitrogens with one attached hydrogen (secondary N) is 1. The van der Waals surface area contributed by atoms with Crippen molar-refractivity contribution in [3.05, 3.63) is 23.8 Å². The lowest BCUT2D eigenvalue weighted by Crippen LogP contribution is -2.15. The van der Waals surface area contributed by atoms with Crippen LogP contribution in [0.15, 0.2) is 23.1 Å². The van der Waals surface area contributed by atoms with Crippen LogP contribution in [0.3, 0.4) is 0 Å². The van der Waals surface area contributed by atoms with Crippen molar-refractivity contribution >= 4 is 33.0 Å². The highest BCUT2D eigenvalue weighted by atomic mass is 35.5. The van der Waals surface area contributed by atoms with Crippen LogP contribution in [-0.4, -0.2) is 26.5 Å². The SMILES string of the molecule is Cc1ccc(NC(=O)CCl)c(S(C)(=O)=O)c1. The number of halogens is 1. The van der Waals surface area contributed by atoms with Crippen LogP contribution in [-0.2, 0) is 14.6 Å². The van der Waals surface area contributed by atoms with E-state index in [9.17, 15) is 13.2 Å². The molecule has 0 radical (unpaired) electrons. The summed E-state index contributed by atoms with van der Waals surface area (Å²) in [6, 6.07) is 4.79. The zero-order valence-electron chi connectivity index (χ0n) is 8.95. The maximum atomic E-state index is 11.5. The molecule has 0 aromatic heterocycles. The standard InChI is InChI=1S/C10H12ClNO3S/c1-7-3-4-8(12-10(13)6-11)9(5-7)16(2,14)15/h3-5H,6H2,1-2H3,(H,12,13). The molecule has 0 saturated heterocycles. The highest BCUT2D eigenvalue weighted by Crippen LogP contribution is 2.22. The van der Waals surface area contributed by atoms with Gasteiger partial charge in [-0.1, -0.05) is 6.07 Å². The van der Waals surface area contributed by atoms with E-state index in [1.807, 2.05) is 0 Å². The van der Waals surface area contributed by atoms with Gasteiger partial charge >= 0.3 is 0 Å². The molecule has 0 saturated carbocycles. The molecule has 16 heavy (non-hydrogen) atoms. The van der Waals surface area contributed by atoms with E-state index in [1.165, 1.54) is 6.07 Å². The maximum Gasteiger partial charge on any atom is 0.239 e. The molecule has 0 heterocycles. The molecular weight excluding hydrogens is 250 g/mol. The van der Waals surface area contributed by atoms with Crippen LogP contribution in [0, 0.1) is 6.92 Å². The second-order valence-corrected chi connectivity index (χ2v) is 5.71. The first kappa shape index (κ1) is 13.0. The summed E-state index contributed by atoms with van der Waals surface area (Å²) < 4.78 is 23.0. The van der Waals surface area contributed by atoms with Gasteiger partial charge in [-0.3, -0.25) is 4.79 Å². The Morgan fingerprint density at radius 3 is 2.56 bits per heavy atom. The number of rotatable bonds is 3. The molecule has 0 aliphatic carbocycles. The van der Waals surface area contributed by atoms with Crippen LogP contribution in [0.4, 0.5) is 5.69 Å². The third-order valence-electron chi connectivity index (χ3n) is 1.93. The Bertz CT molecular complexity index is 511. The van der Waals surface area contributed by atoms with Gasteiger partial charge in [0, 0.05) is 6.26 Å². The fraction of sp³-hybridized carbons (Fsp3) is 0.300. The summed E-state index contributed by atoms with van der Waals surface area (Å²) in [7, 11) is -3.37. The average molecular weight is 262 g/mol. The number of benzene rings is 1. The number of hydrogen-bond donors (Lipinski definition) is 1. The normalized spacial score (nSPS) is 11.2. The Morgan fingerprint density at radius 1 is 1.44 bits per heavy atom. The monoisotopic (exact) mass is 261 g/mol. The van der Waals surface area contributed by atoms with Crippen LogP contribution in [0.1, 0.15) is 5.56 Å². The third kappa shape index (κ3) is 3.21. The average Bonchev–Trinajstić information content (AvgIpc) is 2.19. The highest BCUT2D eigenvalue weighted by molar-refractivity contribution is 7.90. The molecule has 4 nitrogen and oxygen atoms in total. The van der Waals surface area contributed by atoms with E-state index in [0.29, 0.717) is 0 Å². The van der Waals surface area contributed by atoms with E-state index in [2.05, 4.69) is 5.32 Å². The summed E-state index contributed by atoms with van der Waals surface area (Å²) in [6.07, 6.45) is 1.10. The number of sulfone groups is 1. The molecule has 1 aromatic carbocycles. The zero-order chi connectivity index (χ0) is 12.3. The lowest BCUT2D eigenvalue weighted by atomic mass is 10.2. The summed E-state index contributed by atoms with van der Waals surface area (Å²) >= 11 is 5.34. The van der Waals surface area contributed by atoms with E-state index < -0.39 is 15.7 Å². The molecule has 0 fully saturated rings. The minimum Gasteiger partial charge on any atom is -0.324 e. The van der Waals surface area contributed by atoms with Gasteiger partial charge in [-0.25, -0.2) is 8.42 Å². The van der Waals surface area contributed by atoms with Gasteiger partial charge in [0.05, 0.1) is 10.6 Å². The van der Waals surface area contributed by atoms with Crippen molar-refractivity contribution in [3.63, 3.8) is 0 Å². The molecule has 6 heteroatoms. The van der Waals surface area contributed by atoms with E-state index in [0.717, 1.165) is 11.8 Å². The van der Waals surface area contributed by atoms with Crippen LogP contribution >= 0.6 is 11.6 Å². The minimum absolute atomic E-state index is 0.103. The minimum atomic E-state index is -3.37. The van der Waals surface area contributed by atoms with Gasteiger partial charge < -0.3 is 5.32 Å². The van der Waals surface area contributed by atoms with Gasteiger partial charge in [-0.15, -0.1) is 11.6 Å². The van der Waals surface area contributed by atoms with Crippen molar-refractivity contribution in [3.8, 4) is 0 Å². The molecule has 88 valence electrons. The number of aryl methyl sites for hydroxylation is 1. The van der Waals surface area contributed by atoms with E-state index in [1.54, 1.807) is 19.1 Å². The quantitative estimate of drug-likeness (QED) is 0.840. The summed E-state index contributed by atoms with van der Waals surface area (Å²) in [4.78, 5) is 11.2. The first-order valence-corrected chi connectivity index (χ1v) is 6.93. The molecule has 1 rings (SSSR count). The second-order valence-electron chi connectivity index (χ2n) is 3.45. The van der Waals surface area contributed by atoms with Gasteiger partial charge in [0.1, 0.15) is 5.88 Å². The van der Waals surface area contributed by atoms with E-state index in [4.69, 9.17) is 11.6 Å². The number of alkyl halides is 1. The highest BCUT2D eigenvalue weighted by Gasteiger charge is 2.14. The second kappa shape index (κ2) is 4.84. The molecule has 1 aromatic rings. The van der Waals surface area contributed by atoms with E-state index >= 15 is 0 Å². The van der Waals surface area contributed by atoms with E-state index in [-0.39, 0.29) is 16.5 Å². The van der Waals surface area contributed by atoms with Gasteiger partial charge in [0.2, 0.25) is 5.91 Å². The number of amides is 1. The van der Waals surface area contributed by atoms with Crippen molar-refractivity contribution in [1.29, 1.82) is 0 Å². The van der Waals surface area contributed by atoms with Crippen molar-refractivity contribution in [2.75, 3.05) is 17.5 Å². The third-order valence-corrected chi connectivity index (χ3v) is 3.31. The fourth-order valence-corrected chi connectivity index (χ4v) is 2.21. The van der Waals surface area contributed by atoms with Crippen molar-refractivity contribution < 1.29 is 13.2 Å². The summed E-state index contributed by atoms with van der Waals surface area (Å²) in [5.41, 5.74) is 1.07. The molecule has 0 bridgehead atoms. The van der Waals surface area contributed by atoms with Gasteiger partial charge in [0.15, 0.2) is 9.84 Å². The lowest BCUT2D eigenvalue weighted by molar-refractivity contribution is -0.113. The Hall–Kier alpha value is -1.07. The maximum absolute atomic E-state index is 11.5. The summed E-state index contributed by atoms with van der Waals surface area (Å²) in [5, 5.41) is 2.44. The molecule has 0 atom stereocenters. The van der Waals surface area contributed by atoms with Gasteiger partial charge in [-0.2, -0.15) is 0 Å². The molecule has 1 N–H and O–H groups in total. The van der Waals surface area contributed by atoms with Crippen molar-refractivity contribution in [2.24, 2.45) is 0 Å². The van der Waals surface area contributed by atoms with Crippen molar-refractivity contribution in [2.45, 2.75) is 11.8 Å². The first-order valence-electron chi connectivity index (χ1n) is 4.51. The predicted octanol–water partition coefficient (Wildman–Crippen LogP) is 1.58. The topological polar surface area (TPSA) is 63.2 Å². The zero-order valence-corrected chi connectivity index (χ0v) is 10.5. The van der Waals surface area contributed by atoms with Gasteiger partial charge in [0.25, 0.3) is 0 Å². The number of anilines is 1. The smallest absolute Gasteiger partial charge is 0.239 e. The molecule has 0 spiro atoms. The van der Waals surface area contributed by atoms with Crippen LogP contribution in [0.2, 0.25) is 0 Å². The fourth-order valence-electron chi connectivity index (χ4n) is 1.22. The first-order chi connectivity index (χ1) is 7.34. The Morgan fingerprint density at radius 2 is 2.06 bits per heavy atom. The Labute approximate surface area is 99.5 Å². The Kier molecular flexibility index (Phi) is 3.93. The number of carbonyl (C=O) groups is 1. The van der Waals surface area contributed by atoms with Crippen LogP contribution < -0.4 is 5.32 Å². The van der Waals surface area contributed by atoms with Crippen LogP contribution in [0.5, 0.6) is 0 Å². The number of hydrogen-bond acceptors (Lipinski definition) is 3. The predicted molar refractivity (Wildman–Crippen MR) is 63.6 cm³/mol. The molecule has 0 aliphatic rings. The summed E-state index contributed by atoms with van der Waals surface area (Å²) in [5.74, 6) is -0.646. The number of carbonyl (C=O) groups excluding carboxylic acids is 1. The summed E-state index contributed by atoms with van der Waals surface area (Å²) in [6.45, 7) is 1.78. The molecule has 0 unspecified atom stereocenters. The lowest BCUT2D eigenvalue weighted by Gasteiger charge is -2.09. The van der Waals surface area contributed by atoms with Crippen molar-refractivity contribution in [1.82, 2.24) is 0 Å². The Balaban J connectivity index is 3.24. The molecule has 1 amide bonds. The molecular formula is C10H12ClNO3S. The van der Waals surface area contributed by atoms with Gasteiger partial charge in [-0.05, 0) is 24.6 Å². The largest absolute Gasteiger partial charge is 0.324 e.